The van der Waals surface area contributed by atoms with Crippen LogP contribution in [0.4, 0.5) is 17.1 Å². The first-order valence-corrected chi connectivity index (χ1v) is 23.4. The molecule has 0 unspecified atom stereocenters. The third-order valence-electron chi connectivity index (χ3n) is 14.5. The van der Waals surface area contributed by atoms with Crippen molar-refractivity contribution in [1.29, 1.82) is 0 Å². The lowest BCUT2D eigenvalue weighted by molar-refractivity contribution is 0.674. The van der Waals surface area contributed by atoms with Gasteiger partial charge in [-0.25, -0.2) is 0 Å². The number of benzene rings is 11. The molecule has 0 amide bonds. The molecule has 11 aromatic carbocycles. The number of hydrogen-bond donors (Lipinski definition) is 0. The second kappa shape index (κ2) is 15.1. The average molecular weight is 867 g/mol. The highest BCUT2D eigenvalue weighted by Gasteiger charge is 2.46. The Morgan fingerprint density at radius 1 is 0.338 bits per heavy atom. The molecule has 2 heterocycles. The predicted octanol–water partition coefficient (Wildman–Crippen LogP) is 17.3. The van der Waals surface area contributed by atoms with Gasteiger partial charge in [0.2, 0.25) is 0 Å². The van der Waals surface area contributed by atoms with Gasteiger partial charge in [0.05, 0.1) is 22.1 Å². The summed E-state index contributed by atoms with van der Waals surface area (Å²) in [5, 5.41) is 6.99. The molecule has 68 heavy (non-hydrogen) atoms. The summed E-state index contributed by atoms with van der Waals surface area (Å²) < 4.78 is 9.41. The van der Waals surface area contributed by atoms with E-state index in [-0.39, 0.29) is 0 Å². The van der Waals surface area contributed by atoms with E-state index in [1.54, 1.807) is 0 Å². The number of para-hydroxylation sites is 4. The van der Waals surface area contributed by atoms with E-state index < -0.39 is 5.41 Å². The molecule has 0 N–H and O–H groups in total. The lowest BCUT2D eigenvalue weighted by Gasteiger charge is -2.35. The molecular weight excluding hydrogens is 825 g/mol. The van der Waals surface area contributed by atoms with E-state index in [1.807, 2.05) is 0 Å². The molecule has 0 atom stereocenters. The third kappa shape index (κ3) is 5.54. The number of aromatic nitrogens is 1. The quantitative estimate of drug-likeness (QED) is 0.159. The molecule has 3 heteroatoms. The standard InChI is InChI=1S/C65H42N2O/c1-3-19-44(20-4-1)65(45-21-5-2-6-22-45)58-30-13-9-24-50(58)51-41-39-48(42-59(51)65)66(46-35-37-47(38-36-46)67-61-32-15-10-25-52(61)53-26-11-16-33-62(53)67)60-31-14-12-27-54(60)55-28-17-29-56-57-40-34-43-18-7-8-23-49(43)63(57)68-64(55)56/h1-42H. The number of fused-ring (bicyclic) bond motifs is 11. The van der Waals surface area contributed by atoms with Crippen LogP contribution < -0.4 is 4.90 Å². The van der Waals surface area contributed by atoms with Gasteiger partial charge in [-0.1, -0.05) is 194 Å². The van der Waals surface area contributed by atoms with Crippen molar-refractivity contribution >= 4 is 71.6 Å². The molecule has 2 aromatic heterocycles. The van der Waals surface area contributed by atoms with Crippen molar-refractivity contribution in [3.63, 3.8) is 0 Å². The van der Waals surface area contributed by atoms with Crippen LogP contribution in [0.1, 0.15) is 22.3 Å². The summed E-state index contributed by atoms with van der Waals surface area (Å²) in [6.45, 7) is 0. The molecule has 318 valence electrons. The van der Waals surface area contributed by atoms with Crippen LogP contribution in [-0.4, -0.2) is 4.57 Å². The largest absolute Gasteiger partial charge is 0.455 e. The van der Waals surface area contributed by atoms with Crippen molar-refractivity contribution in [2.24, 2.45) is 0 Å². The van der Waals surface area contributed by atoms with Gasteiger partial charge in [0, 0.05) is 55.1 Å². The highest BCUT2D eigenvalue weighted by molar-refractivity contribution is 6.18. The van der Waals surface area contributed by atoms with Crippen molar-refractivity contribution < 1.29 is 4.42 Å². The second-order valence-corrected chi connectivity index (χ2v) is 17.9. The molecule has 0 saturated heterocycles. The summed E-state index contributed by atoms with van der Waals surface area (Å²) >= 11 is 0. The lowest BCUT2D eigenvalue weighted by Crippen LogP contribution is -2.28. The van der Waals surface area contributed by atoms with Crippen LogP contribution in [0.5, 0.6) is 0 Å². The Morgan fingerprint density at radius 2 is 0.882 bits per heavy atom. The molecule has 0 aliphatic heterocycles. The van der Waals surface area contributed by atoms with E-state index in [4.69, 9.17) is 4.42 Å². The van der Waals surface area contributed by atoms with Crippen LogP contribution in [0.15, 0.2) is 259 Å². The van der Waals surface area contributed by atoms with Crippen LogP contribution >= 0.6 is 0 Å². The van der Waals surface area contributed by atoms with Gasteiger partial charge in [0.15, 0.2) is 0 Å². The highest BCUT2D eigenvalue weighted by atomic mass is 16.3. The lowest BCUT2D eigenvalue weighted by atomic mass is 9.67. The molecule has 1 aliphatic carbocycles. The van der Waals surface area contributed by atoms with Crippen molar-refractivity contribution in [2.75, 3.05) is 4.90 Å². The van der Waals surface area contributed by atoms with Gasteiger partial charge in [-0.3, -0.25) is 0 Å². The zero-order valence-corrected chi connectivity index (χ0v) is 37.1. The fraction of sp³-hybridized carbons (Fsp3) is 0.0154. The van der Waals surface area contributed by atoms with Gasteiger partial charge < -0.3 is 13.9 Å². The Morgan fingerprint density at radius 3 is 1.62 bits per heavy atom. The van der Waals surface area contributed by atoms with Crippen molar-refractivity contribution in [3.8, 4) is 27.9 Å². The first kappa shape index (κ1) is 38.4. The molecule has 14 rings (SSSR count). The van der Waals surface area contributed by atoms with Crippen molar-refractivity contribution in [1.82, 2.24) is 4.57 Å². The maximum atomic E-state index is 7.03. The van der Waals surface area contributed by atoms with Gasteiger partial charge in [0.25, 0.3) is 0 Å². The summed E-state index contributed by atoms with van der Waals surface area (Å²) in [6, 6.07) is 93.0. The van der Waals surface area contributed by atoms with Gasteiger partial charge >= 0.3 is 0 Å². The molecule has 1 aliphatic rings. The van der Waals surface area contributed by atoms with Gasteiger partial charge in [0.1, 0.15) is 11.2 Å². The summed E-state index contributed by atoms with van der Waals surface area (Å²) in [7, 11) is 0. The number of anilines is 3. The number of furan rings is 1. The molecule has 0 spiro atoms. The number of nitrogens with zero attached hydrogens (tertiary/aromatic N) is 2. The van der Waals surface area contributed by atoms with Crippen molar-refractivity contribution in [3.05, 3.63) is 277 Å². The normalized spacial score (nSPS) is 12.8. The maximum absolute atomic E-state index is 7.03. The van der Waals surface area contributed by atoms with E-state index in [0.717, 1.165) is 66.6 Å². The summed E-state index contributed by atoms with van der Waals surface area (Å²) in [5.74, 6) is 0. The fourth-order valence-electron chi connectivity index (χ4n) is 11.6. The van der Waals surface area contributed by atoms with Crippen LogP contribution in [0.2, 0.25) is 0 Å². The average Bonchev–Trinajstić information content (AvgIpc) is 4.07. The minimum absolute atomic E-state index is 0.557. The minimum Gasteiger partial charge on any atom is -0.455 e. The minimum atomic E-state index is -0.557. The third-order valence-corrected chi connectivity index (χ3v) is 14.5. The maximum Gasteiger partial charge on any atom is 0.143 e. The molecule has 3 nitrogen and oxygen atoms in total. The van der Waals surface area contributed by atoms with E-state index in [2.05, 4.69) is 264 Å². The topological polar surface area (TPSA) is 21.3 Å². The zero-order chi connectivity index (χ0) is 44.8. The zero-order valence-electron chi connectivity index (χ0n) is 37.1. The first-order chi connectivity index (χ1) is 33.8. The summed E-state index contributed by atoms with van der Waals surface area (Å²) in [5.41, 5.74) is 17.5. The first-order valence-electron chi connectivity index (χ1n) is 23.4. The Balaban J connectivity index is 1.02. The van der Waals surface area contributed by atoms with Crippen LogP contribution in [0.3, 0.4) is 0 Å². The number of rotatable bonds is 7. The Hall–Kier alpha value is -8.92. The van der Waals surface area contributed by atoms with E-state index in [9.17, 15) is 0 Å². The summed E-state index contributed by atoms with van der Waals surface area (Å²) in [6.07, 6.45) is 0. The molecule has 0 radical (unpaired) electrons. The smallest absolute Gasteiger partial charge is 0.143 e. The molecule has 0 saturated carbocycles. The highest BCUT2D eigenvalue weighted by Crippen LogP contribution is 2.57. The van der Waals surface area contributed by atoms with Crippen LogP contribution in [0, 0.1) is 0 Å². The molecular formula is C65H42N2O. The van der Waals surface area contributed by atoms with E-state index in [0.29, 0.717) is 0 Å². The number of hydrogen-bond acceptors (Lipinski definition) is 2. The Kier molecular flexibility index (Phi) is 8.50. The predicted molar refractivity (Wildman–Crippen MR) is 283 cm³/mol. The Labute approximate surface area is 394 Å². The van der Waals surface area contributed by atoms with Gasteiger partial charge in [-0.15, -0.1) is 0 Å². The Bertz CT molecular complexity index is 3990. The SMILES string of the molecule is c1ccc(C2(c3ccccc3)c3ccccc3-c3ccc(N(c4ccc(-n5c6ccccc6c6ccccc65)cc4)c4ccccc4-c4cccc5c4oc4c6ccccc6ccc54)cc32)cc1. The van der Waals surface area contributed by atoms with E-state index in [1.165, 1.54) is 55.2 Å². The second-order valence-electron chi connectivity index (χ2n) is 17.9. The van der Waals surface area contributed by atoms with Gasteiger partial charge in [-0.2, -0.15) is 0 Å². The van der Waals surface area contributed by atoms with Gasteiger partial charge in [-0.05, 0) is 99.4 Å². The van der Waals surface area contributed by atoms with Crippen molar-refractivity contribution in [2.45, 2.75) is 5.41 Å². The van der Waals surface area contributed by atoms with Crippen LogP contribution in [-0.2, 0) is 5.41 Å². The fourth-order valence-corrected chi connectivity index (χ4v) is 11.6. The van der Waals surface area contributed by atoms with E-state index >= 15 is 0 Å². The molecule has 0 bridgehead atoms. The molecule has 13 aromatic rings. The monoisotopic (exact) mass is 866 g/mol. The molecule has 0 fully saturated rings. The summed E-state index contributed by atoms with van der Waals surface area (Å²) in [4.78, 5) is 2.45. The van der Waals surface area contributed by atoms with Crippen LogP contribution in [0.25, 0.3) is 82.5 Å².